The minimum atomic E-state index is -0.0635. The molecule has 0 atom stereocenters. The van der Waals surface area contributed by atoms with Crippen LogP contribution in [0.1, 0.15) is 18.2 Å². The highest BCUT2D eigenvalue weighted by molar-refractivity contribution is 5.99. The Bertz CT molecular complexity index is 656. The molecular formula is C15H17N3O3. The number of ether oxygens (including phenoxy) is 2. The van der Waals surface area contributed by atoms with E-state index < -0.39 is 0 Å². The van der Waals surface area contributed by atoms with E-state index >= 15 is 0 Å². The third-order valence-corrected chi connectivity index (χ3v) is 2.74. The quantitative estimate of drug-likeness (QED) is 0.382. The maximum absolute atomic E-state index is 8.84. The van der Waals surface area contributed by atoms with Gasteiger partial charge >= 0.3 is 0 Å². The number of nitrogens with two attached hydrogens (primary N) is 1. The van der Waals surface area contributed by atoms with Gasteiger partial charge in [-0.3, -0.25) is 0 Å². The molecule has 21 heavy (non-hydrogen) atoms. The third kappa shape index (κ3) is 3.42. The summed E-state index contributed by atoms with van der Waals surface area (Å²) in [5.41, 5.74) is 6.81. The summed E-state index contributed by atoms with van der Waals surface area (Å²) in [7, 11) is 0. The van der Waals surface area contributed by atoms with E-state index in [-0.39, 0.29) is 11.7 Å². The SMILES string of the molecule is CCOc1ccccc1Oc1nc(C)ccc1C(N)=NO. The van der Waals surface area contributed by atoms with Crippen LogP contribution in [0.2, 0.25) is 0 Å². The second-order valence-corrected chi connectivity index (χ2v) is 4.27. The summed E-state index contributed by atoms with van der Waals surface area (Å²) < 4.78 is 11.3. The van der Waals surface area contributed by atoms with Crippen LogP contribution in [-0.4, -0.2) is 22.6 Å². The summed E-state index contributed by atoms with van der Waals surface area (Å²) in [6, 6.07) is 10.7. The molecule has 0 amide bonds. The van der Waals surface area contributed by atoms with Gasteiger partial charge < -0.3 is 20.4 Å². The van der Waals surface area contributed by atoms with Gasteiger partial charge in [-0.2, -0.15) is 0 Å². The Balaban J connectivity index is 2.42. The summed E-state index contributed by atoms with van der Waals surface area (Å²) >= 11 is 0. The van der Waals surface area contributed by atoms with Gasteiger partial charge in [-0.15, -0.1) is 0 Å². The van der Waals surface area contributed by atoms with Crippen LogP contribution in [0.25, 0.3) is 0 Å². The largest absolute Gasteiger partial charge is 0.490 e. The Kier molecular flexibility index (Phi) is 4.61. The Hall–Kier alpha value is -2.76. The van der Waals surface area contributed by atoms with Gasteiger partial charge in [0.1, 0.15) is 0 Å². The number of pyridine rings is 1. The Morgan fingerprint density at radius 3 is 2.62 bits per heavy atom. The molecule has 6 heteroatoms. The van der Waals surface area contributed by atoms with Gasteiger partial charge in [0.2, 0.25) is 5.88 Å². The van der Waals surface area contributed by atoms with E-state index in [0.717, 1.165) is 5.69 Å². The molecular weight excluding hydrogens is 270 g/mol. The number of aryl methyl sites for hydroxylation is 1. The number of oxime groups is 1. The van der Waals surface area contributed by atoms with Crippen LogP contribution in [0.3, 0.4) is 0 Å². The van der Waals surface area contributed by atoms with Gasteiger partial charge in [-0.1, -0.05) is 17.3 Å². The van der Waals surface area contributed by atoms with Crippen molar-refractivity contribution in [1.82, 2.24) is 4.98 Å². The van der Waals surface area contributed by atoms with Crippen molar-refractivity contribution in [3.8, 4) is 17.4 Å². The highest BCUT2D eigenvalue weighted by atomic mass is 16.5. The van der Waals surface area contributed by atoms with Crippen LogP contribution in [0.5, 0.6) is 17.4 Å². The van der Waals surface area contributed by atoms with E-state index in [0.29, 0.717) is 23.7 Å². The summed E-state index contributed by atoms with van der Waals surface area (Å²) in [5.74, 6) is 1.32. The Morgan fingerprint density at radius 1 is 1.24 bits per heavy atom. The van der Waals surface area contributed by atoms with Crippen molar-refractivity contribution in [2.24, 2.45) is 10.9 Å². The monoisotopic (exact) mass is 287 g/mol. The number of hydrogen-bond acceptors (Lipinski definition) is 5. The van der Waals surface area contributed by atoms with Gasteiger partial charge in [-0.25, -0.2) is 4.98 Å². The lowest BCUT2D eigenvalue weighted by Gasteiger charge is -2.13. The highest BCUT2D eigenvalue weighted by Crippen LogP contribution is 2.32. The van der Waals surface area contributed by atoms with E-state index in [2.05, 4.69) is 10.1 Å². The fourth-order valence-corrected chi connectivity index (χ4v) is 1.77. The highest BCUT2D eigenvalue weighted by Gasteiger charge is 2.13. The average Bonchev–Trinajstić information content (AvgIpc) is 2.49. The normalized spacial score (nSPS) is 11.2. The minimum absolute atomic E-state index is 0.0635. The molecule has 6 nitrogen and oxygen atoms in total. The number of hydrogen-bond donors (Lipinski definition) is 2. The van der Waals surface area contributed by atoms with E-state index in [1.807, 2.05) is 26.0 Å². The van der Waals surface area contributed by atoms with Crippen LogP contribution < -0.4 is 15.2 Å². The van der Waals surface area contributed by atoms with Gasteiger partial charge in [0.15, 0.2) is 17.3 Å². The lowest BCUT2D eigenvalue weighted by atomic mass is 10.2. The van der Waals surface area contributed by atoms with Crippen molar-refractivity contribution in [2.75, 3.05) is 6.61 Å². The first-order valence-corrected chi connectivity index (χ1v) is 6.51. The van der Waals surface area contributed by atoms with Crippen molar-refractivity contribution in [3.05, 3.63) is 47.7 Å². The van der Waals surface area contributed by atoms with Crippen molar-refractivity contribution >= 4 is 5.84 Å². The zero-order chi connectivity index (χ0) is 15.2. The third-order valence-electron chi connectivity index (χ3n) is 2.74. The molecule has 3 N–H and O–H groups in total. The molecule has 110 valence electrons. The molecule has 0 aliphatic rings. The number of nitrogens with zero attached hydrogens (tertiary/aromatic N) is 2. The number of aromatic nitrogens is 1. The van der Waals surface area contributed by atoms with Crippen molar-refractivity contribution in [3.63, 3.8) is 0 Å². The second kappa shape index (κ2) is 6.60. The lowest BCUT2D eigenvalue weighted by Crippen LogP contribution is -2.15. The van der Waals surface area contributed by atoms with Gasteiger partial charge in [0, 0.05) is 5.69 Å². The molecule has 0 unspecified atom stereocenters. The maximum Gasteiger partial charge on any atom is 0.230 e. The molecule has 2 aromatic rings. The standard InChI is InChI=1S/C15H17N3O3/c1-3-20-12-6-4-5-7-13(12)21-15-11(14(16)18-19)9-8-10(2)17-15/h4-9,19H,3H2,1-2H3,(H2,16,18). The summed E-state index contributed by atoms with van der Waals surface area (Å²) in [6.45, 7) is 4.25. The molecule has 0 radical (unpaired) electrons. The zero-order valence-corrected chi connectivity index (χ0v) is 11.9. The number of rotatable bonds is 5. The fraction of sp³-hybridized carbons (Fsp3) is 0.200. The second-order valence-electron chi connectivity index (χ2n) is 4.27. The summed E-state index contributed by atoms with van der Waals surface area (Å²) in [6.07, 6.45) is 0. The van der Waals surface area contributed by atoms with Crippen LogP contribution in [-0.2, 0) is 0 Å². The molecule has 0 aliphatic heterocycles. The van der Waals surface area contributed by atoms with Crippen LogP contribution in [0, 0.1) is 6.92 Å². The summed E-state index contributed by atoms with van der Waals surface area (Å²) in [5, 5.41) is 11.8. The van der Waals surface area contributed by atoms with Crippen molar-refractivity contribution in [2.45, 2.75) is 13.8 Å². The molecule has 0 saturated carbocycles. The maximum atomic E-state index is 8.84. The van der Waals surface area contributed by atoms with E-state index in [9.17, 15) is 0 Å². The predicted molar refractivity (Wildman–Crippen MR) is 79.2 cm³/mol. The first kappa shape index (κ1) is 14.6. The molecule has 1 heterocycles. The Labute approximate surface area is 122 Å². The average molecular weight is 287 g/mol. The van der Waals surface area contributed by atoms with E-state index in [1.165, 1.54) is 0 Å². The van der Waals surface area contributed by atoms with Gasteiger partial charge in [0.05, 0.1) is 12.2 Å². The van der Waals surface area contributed by atoms with Crippen LogP contribution in [0.4, 0.5) is 0 Å². The van der Waals surface area contributed by atoms with E-state index in [4.69, 9.17) is 20.4 Å². The number of para-hydroxylation sites is 2. The van der Waals surface area contributed by atoms with Crippen LogP contribution in [0.15, 0.2) is 41.6 Å². The number of benzene rings is 1. The molecule has 0 bridgehead atoms. The first-order valence-electron chi connectivity index (χ1n) is 6.51. The van der Waals surface area contributed by atoms with Crippen molar-refractivity contribution < 1.29 is 14.7 Å². The Morgan fingerprint density at radius 2 is 1.95 bits per heavy atom. The molecule has 0 saturated heterocycles. The van der Waals surface area contributed by atoms with Crippen LogP contribution >= 0.6 is 0 Å². The zero-order valence-electron chi connectivity index (χ0n) is 11.9. The topological polar surface area (TPSA) is 90.0 Å². The molecule has 0 fully saturated rings. The molecule has 2 rings (SSSR count). The van der Waals surface area contributed by atoms with Crippen molar-refractivity contribution in [1.29, 1.82) is 0 Å². The number of amidine groups is 1. The fourth-order valence-electron chi connectivity index (χ4n) is 1.77. The molecule has 1 aromatic heterocycles. The minimum Gasteiger partial charge on any atom is -0.490 e. The molecule has 0 spiro atoms. The first-order chi connectivity index (χ1) is 10.2. The summed E-state index contributed by atoms with van der Waals surface area (Å²) in [4.78, 5) is 4.29. The van der Waals surface area contributed by atoms with Gasteiger partial charge in [-0.05, 0) is 38.1 Å². The van der Waals surface area contributed by atoms with E-state index in [1.54, 1.807) is 24.3 Å². The smallest absolute Gasteiger partial charge is 0.230 e. The molecule has 1 aromatic carbocycles. The molecule has 0 aliphatic carbocycles. The van der Waals surface area contributed by atoms with Gasteiger partial charge in [0.25, 0.3) is 0 Å². The lowest BCUT2D eigenvalue weighted by molar-refractivity contribution is 0.316. The predicted octanol–water partition coefficient (Wildman–Crippen LogP) is 2.68.